The average Bonchev–Trinajstić information content (AvgIpc) is 2.72. The highest BCUT2D eigenvalue weighted by atomic mass is 79.9. The first-order valence-corrected chi connectivity index (χ1v) is 9.99. The number of nitrogens with one attached hydrogen (secondary N) is 1. The number of halogens is 3. The molecule has 0 fully saturated rings. The molecule has 0 radical (unpaired) electrons. The molecule has 3 aromatic carbocycles. The summed E-state index contributed by atoms with van der Waals surface area (Å²) in [6.45, 7) is 0.643. The van der Waals surface area contributed by atoms with Crippen LogP contribution < -0.4 is 19.5 Å². The van der Waals surface area contributed by atoms with Crippen molar-refractivity contribution in [1.29, 1.82) is 0 Å². The Morgan fingerprint density at radius 1 is 0.931 bits per heavy atom. The van der Waals surface area contributed by atoms with Crippen LogP contribution in [0.3, 0.4) is 0 Å². The minimum atomic E-state index is -0.301. The van der Waals surface area contributed by atoms with Crippen molar-refractivity contribution in [3.05, 3.63) is 81.0 Å². The Kier molecular flexibility index (Phi) is 7.23. The van der Waals surface area contributed by atoms with Crippen LogP contribution >= 0.6 is 27.5 Å². The lowest BCUT2D eigenvalue weighted by Gasteiger charge is -2.15. The lowest BCUT2D eigenvalue weighted by molar-refractivity contribution is 0.279. The summed E-state index contributed by atoms with van der Waals surface area (Å²) < 4.78 is 31.1. The second-order valence-electron chi connectivity index (χ2n) is 6.18. The van der Waals surface area contributed by atoms with Gasteiger partial charge in [0.15, 0.2) is 11.5 Å². The number of rotatable bonds is 8. The first-order chi connectivity index (χ1) is 14.0. The summed E-state index contributed by atoms with van der Waals surface area (Å²) in [5, 5.41) is 3.85. The van der Waals surface area contributed by atoms with Gasteiger partial charge >= 0.3 is 0 Å². The van der Waals surface area contributed by atoms with E-state index in [2.05, 4.69) is 21.2 Å². The Balaban J connectivity index is 1.72. The molecule has 0 aliphatic heterocycles. The third-order valence-corrected chi connectivity index (χ3v) is 5.34. The summed E-state index contributed by atoms with van der Waals surface area (Å²) in [5.41, 5.74) is 2.31. The molecule has 0 heterocycles. The molecule has 0 atom stereocenters. The van der Waals surface area contributed by atoms with E-state index in [-0.39, 0.29) is 12.4 Å². The number of benzene rings is 3. The molecule has 3 aromatic rings. The van der Waals surface area contributed by atoms with Crippen molar-refractivity contribution in [2.75, 3.05) is 19.5 Å². The van der Waals surface area contributed by atoms with Crippen LogP contribution in [0.25, 0.3) is 0 Å². The van der Waals surface area contributed by atoms with Crippen molar-refractivity contribution in [2.45, 2.75) is 13.2 Å². The molecule has 0 aliphatic carbocycles. The van der Waals surface area contributed by atoms with Crippen LogP contribution in [0, 0.1) is 5.82 Å². The lowest BCUT2D eigenvalue weighted by Crippen LogP contribution is -2.04. The zero-order valence-electron chi connectivity index (χ0n) is 16.0. The monoisotopic (exact) mass is 479 g/mol. The van der Waals surface area contributed by atoms with E-state index in [1.54, 1.807) is 44.6 Å². The molecule has 29 heavy (non-hydrogen) atoms. The first-order valence-electron chi connectivity index (χ1n) is 8.82. The molecule has 152 valence electrons. The number of anilines is 1. The fourth-order valence-corrected chi connectivity index (χ4v) is 3.45. The van der Waals surface area contributed by atoms with Gasteiger partial charge in [0.1, 0.15) is 18.2 Å². The smallest absolute Gasteiger partial charge is 0.162 e. The van der Waals surface area contributed by atoms with E-state index in [0.717, 1.165) is 15.7 Å². The largest absolute Gasteiger partial charge is 0.495 e. The van der Waals surface area contributed by atoms with Crippen molar-refractivity contribution in [3.8, 4) is 17.2 Å². The number of hydrogen-bond donors (Lipinski definition) is 1. The van der Waals surface area contributed by atoms with Gasteiger partial charge < -0.3 is 19.5 Å². The van der Waals surface area contributed by atoms with E-state index in [1.807, 2.05) is 18.2 Å². The maximum atomic E-state index is 13.8. The van der Waals surface area contributed by atoms with E-state index in [1.165, 1.54) is 6.07 Å². The van der Waals surface area contributed by atoms with Gasteiger partial charge in [0.05, 0.1) is 19.2 Å². The Labute approximate surface area is 182 Å². The minimum absolute atomic E-state index is 0.109. The Morgan fingerprint density at radius 3 is 2.38 bits per heavy atom. The van der Waals surface area contributed by atoms with Gasteiger partial charge in [-0.05, 0) is 42.0 Å². The molecule has 0 amide bonds. The normalized spacial score (nSPS) is 10.5. The summed E-state index contributed by atoms with van der Waals surface area (Å²) in [7, 11) is 3.15. The van der Waals surface area contributed by atoms with Crippen LogP contribution in [-0.4, -0.2) is 14.2 Å². The summed E-state index contributed by atoms with van der Waals surface area (Å²) in [6, 6.07) is 15.7. The van der Waals surface area contributed by atoms with Crippen LogP contribution in [0.5, 0.6) is 17.2 Å². The van der Waals surface area contributed by atoms with Gasteiger partial charge in [-0.1, -0.05) is 45.7 Å². The molecular formula is C22H20BrClFNO3. The maximum absolute atomic E-state index is 13.8. The molecule has 4 nitrogen and oxygen atoms in total. The van der Waals surface area contributed by atoms with Crippen LogP contribution in [0.2, 0.25) is 5.02 Å². The topological polar surface area (TPSA) is 39.7 Å². The average molecular weight is 481 g/mol. The lowest BCUT2D eigenvalue weighted by atomic mass is 10.2. The molecule has 1 N–H and O–H groups in total. The Bertz CT molecular complexity index is 1000. The molecule has 7 heteroatoms. The maximum Gasteiger partial charge on any atom is 0.162 e. The third-order valence-electron chi connectivity index (χ3n) is 4.31. The van der Waals surface area contributed by atoms with Gasteiger partial charge in [-0.2, -0.15) is 0 Å². The van der Waals surface area contributed by atoms with Gasteiger partial charge in [-0.25, -0.2) is 4.39 Å². The van der Waals surface area contributed by atoms with Crippen molar-refractivity contribution in [3.63, 3.8) is 0 Å². The Hall–Kier alpha value is -2.44. The van der Waals surface area contributed by atoms with Gasteiger partial charge in [0, 0.05) is 22.3 Å². The predicted octanol–water partition coefficient (Wildman–Crippen LogP) is 6.45. The molecule has 0 saturated carbocycles. The third kappa shape index (κ3) is 5.34. The van der Waals surface area contributed by atoms with E-state index < -0.39 is 0 Å². The van der Waals surface area contributed by atoms with Gasteiger partial charge in [0.2, 0.25) is 0 Å². The number of hydrogen-bond acceptors (Lipinski definition) is 4. The van der Waals surface area contributed by atoms with Crippen molar-refractivity contribution in [2.24, 2.45) is 0 Å². The Morgan fingerprint density at radius 2 is 1.69 bits per heavy atom. The molecule has 0 bridgehead atoms. The minimum Gasteiger partial charge on any atom is -0.495 e. The van der Waals surface area contributed by atoms with E-state index >= 15 is 0 Å². The summed E-state index contributed by atoms with van der Waals surface area (Å²) >= 11 is 9.74. The fourth-order valence-electron chi connectivity index (χ4n) is 2.73. The molecule has 0 saturated heterocycles. The summed E-state index contributed by atoms with van der Waals surface area (Å²) in [4.78, 5) is 0. The summed E-state index contributed by atoms with van der Waals surface area (Å²) in [5.74, 6) is 1.41. The molecule has 0 unspecified atom stereocenters. The highest BCUT2D eigenvalue weighted by Crippen LogP contribution is 2.35. The van der Waals surface area contributed by atoms with E-state index in [0.29, 0.717) is 34.4 Å². The second kappa shape index (κ2) is 9.85. The van der Waals surface area contributed by atoms with Gasteiger partial charge in [0.25, 0.3) is 0 Å². The van der Waals surface area contributed by atoms with Gasteiger partial charge in [-0.3, -0.25) is 0 Å². The van der Waals surface area contributed by atoms with Gasteiger partial charge in [-0.15, -0.1) is 0 Å². The molecule has 3 rings (SSSR count). The first kappa shape index (κ1) is 21.3. The summed E-state index contributed by atoms with van der Waals surface area (Å²) in [6.07, 6.45) is 0. The quantitative estimate of drug-likeness (QED) is 0.402. The van der Waals surface area contributed by atoms with Crippen LogP contribution in [0.15, 0.2) is 59.1 Å². The number of ether oxygens (including phenoxy) is 3. The van der Waals surface area contributed by atoms with E-state index in [9.17, 15) is 4.39 Å². The highest BCUT2D eigenvalue weighted by Gasteiger charge is 2.12. The predicted molar refractivity (Wildman–Crippen MR) is 117 cm³/mol. The van der Waals surface area contributed by atoms with E-state index in [4.69, 9.17) is 25.8 Å². The van der Waals surface area contributed by atoms with Crippen LogP contribution in [0.4, 0.5) is 10.1 Å². The van der Waals surface area contributed by atoms with Crippen LogP contribution in [0.1, 0.15) is 11.1 Å². The van der Waals surface area contributed by atoms with Crippen LogP contribution in [-0.2, 0) is 13.2 Å². The zero-order valence-corrected chi connectivity index (χ0v) is 18.3. The fraction of sp³-hybridized carbons (Fsp3) is 0.182. The molecule has 0 spiro atoms. The number of methoxy groups -OCH3 is 2. The highest BCUT2D eigenvalue weighted by molar-refractivity contribution is 9.10. The molecule has 0 aliphatic rings. The standard InChI is InChI=1S/C22H20BrClFNO3/c1-27-20-8-7-16(10-18(20)24)26-12-15-9-21(28-2)22(11-17(15)23)29-13-14-5-3-4-6-19(14)25/h3-11,26H,12-13H2,1-2H3. The SMILES string of the molecule is COc1ccc(NCc2cc(OC)c(OCc3ccccc3F)cc2Br)cc1Cl. The zero-order chi connectivity index (χ0) is 20.8. The molecule has 0 aromatic heterocycles. The van der Waals surface area contributed by atoms with Crippen molar-refractivity contribution >= 4 is 33.2 Å². The van der Waals surface area contributed by atoms with Crippen molar-refractivity contribution in [1.82, 2.24) is 0 Å². The van der Waals surface area contributed by atoms with Crippen molar-refractivity contribution < 1.29 is 18.6 Å². The second-order valence-corrected chi connectivity index (χ2v) is 7.44. The molecular weight excluding hydrogens is 461 g/mol.